The van der Waals surface area contributed by atoms with Crippen LogP contribution >= 0.6 is 35.0 Å². The van der Waals surface area contributed by atoms with Gasteiger partial charge in [-0.3, -0.25) is 0 Å². The van der Waals surface area contributed by atoms with Crippen molar-refractivity contribution in [3.63, 3.8) is 0 Å². The molecular weight excluding hydrogens is 322 g/mol. The highest BCUT2D eigenvalue weighted by Gasteiger charge is 2.35. The van der Waals surface area contributed by atoms with Crippen molar-refractivity contribution in [3.8, 4) is 0 Å². The van der Waals surface area contributed by atoms with Crippen molar-refractivity contribution in [1.29, 1.82) is 0 Å². The number of nitrogens with zero attached hydrogens (tertiary/aromatic N) is 3. The van der Waals surface area contributed by atoms with Gasteiger partial charge in [0.15, 0.2) is 0 Å². The molecule has 0 aliphatic carbocycles. The summed E-state index contributed by atoms with van der Waals surface area (Å²) in [6.07, 6.45) is -3.26. The van der Waals surface area contributed by atoms with Gasteiger partial charge in [0.1, 0.15) is 15.2 Å². The van der Waals surface area contributed by atoms with E-state index in [0.717, 1.165) is 11.8 Å². The summed E-state index contributed by atoms with van der Waals surface area (Å²) in [7, 11) is 0. The first-order valence-corrected chi connectivity index (χ1v) is 6.33. The second kappa shape index (κ2) is 5.52. The van der Waals surface area contributed by atoms with E-state index < -0.39 is 12.0 Å². The average Bonchev–Trinajstić information content (AvgIpc) is 2.30. The molecule has 0 aliphatic rings. The molecule has 0 bridgehead atoms. The molecule has 0 amide bonds. The van der Waals surface area contributed by atoms with E-state index in [1.165, 1.54) is 12.3 Å². The van der Waals surface area contributed by atoms with Crippen LogP contribution in [0.4, 0.5) is 13.2 Å². The summed E-state index contributed by atoms with van der Waals surface area (Å²) in [6, 6.07) is 4.37. The van der Waals surface area contributed by atoms with Crippen molar-refractivity contribution >= 4 is 35.0 Å². The van der Waals surface area contributed by atoms with E-state index in [-0.39, 0.29) is 10.2 Å². The standard InChI is InChI=1S/C10H4Cl2F3N3S/c11-5-1-2-7(16-4-5)19-8-3-6(12)17-9(18-8)10(13,14)15/h1-4H. The van der Waals surface area contributed by atoms with Gasteiger partial charge >= 0.3 is 6.18 Å². The van der Waals surface area contributed by atoms with Gasteiger partial charge in [-0.1, -0.05) is 23.2 Å². The molecule has 2 rings (SSSR count). The van der Waals surface area contributed by atoms with Crippen molar-refractivity contribution in [3.05, 3.63) is 40.4 Å². The maximum Gasteiger partial charge on any atom is 0.451 e. The van der Waals surface area contributed by atoms with E-state index in [1.54, 1.807) is 12.1 Å². The Labute approximate surface area is 120 Å². The molecule has 2 aromatic rings. The fourth-order valence-corrected chi connectivity index (χ4v) is 2.22. The van der Waals surface area contributed by atoms with Crippen LogP contribution in [0.25, 0.3) is 0 Å². The lowest BCUT2D eigenvalue weighted by atomic mass is 10.5. The van der Waals surface area contributed by atoms with Crippen molar-refractivity contribution in [1.82, 2.24) is 15.0 Å². The third-order valence-corrected chi connectivity index (χ3v) is 3.12. The van der Waals surface area contributed by atoms with E-state index >= 15 is 0 Å². The zero-order chi connectivity index (χ0) is 14.0. The Morgan fingerprint density at radius 3 is 2.37 bits per heavy atom. The molecule has 0 unspecified atom stereocenters. The average molecular weight is 326 g/mol. The lowest BCUT2D eigenvalue weighted by molar-refractivity contribution is -0.145. The van der Waals surface area contributed by atoms with Crippen LogP contribution in [-0.4, -0.2) is 15.0 Å². The van der Waals surface area contributed by atoms with Gasteiger partial charge in [0.25, 0.3) is 0 Å². The number of pyridine rings is 1. The van der Waals surface area contributed by atoms with E-state index in [4.69, 9.17) is 23.2 Å². The first-order valence-electron chi connectivity index (χ1n) is 4.76. The zero-order valence-corrected chi connectivity index (χ0v) is 11.3. The van der Waals surface area contributed by atoms with Crippen LogP contribution in [0.3, 0.4) is 0 Å². The normalized spacial score (nSPS) is 11.6. The number of aromatic nitrogens is 3. The van der Waals surface area contributed by atoms with Gasteiger partial charge in [0.05, 0.1) is 5.02 Å². The van der Waals surface area contributed by atoms with Crippen LogP contribution in [0.1, 0.15) is 5.82 Å². The predicted molar refractivity (Wildman–Crippen MR) is 65.4 cm³/mol. The molecular formula is C10H4Cl2F3N3S. The number of alkyl halides is 3. The summed E-state index contributed by atoms with van der Waals surface area (Å²) in [5.74, 6) is -1.28. The Hall–Kier alpha value is -1.05. The van der Waals surface area contributed by atoms with Crippen molar-refractivity contribution in [2.24, 2.45) is 0 Å². The fraction of sp³-hybridized carbons (Fsp3) is 0.100. The molecule has 0 fully saturated rings. The molecule has 0 spiro atoms. The molecule has 0 saturated heterocycles. The molecule has 0 radical (unpaired) electrons. The van der Waals surface area contributed by atoms with Gasteiger partial charge in [-0.25, -0.2) is 15.0 Å². The molecule has 3 nitrogen and oxygen atoms in total. The third-order valence-electron chi connectivity index (χ3n) is 1.83. The minimum atomic E-state index is -4.65. The second-order valence-corrected chi connectivity index (χ2v) is 5.13. The van der Waals surface area contributed by atoms with Crippen molar-refractivity contribution < 1.29 is 13.2 Å². The number of hydrogen-bond acceptors (Lipinski definition) is 4. The van der Waals surface area contributed by atoms with Gasteiger partial charge in [0.2, 0.25) is 5.82 Å². The Morgan fingerprint density at radius 1 is 1.05 bits per heavy atom. The van der Waals surface area contributed by atoms with Crippen LogP contribution < -0.4 is 0 Å². The fourth-order valence-electron chi connectivity index (χ4n) is 1.11. The molecule has 0 saturated carbocycles. The molecule has 9 heteroatoms. The maximum absolute atomic E-state index is 12.5. The minimum Gasteiger partial charge on any atom is -0.248 e. The highest BCUT2D eigenvalue weighted by atomic mass is 35.5. The van der Waals surface area contributed by atoms with Crippen molar-refractivity contribution in [2.75, 3.05) is 0 Å². The summed E-state index contributed by atoms with van der Waals surface area (Å²) >= 11 is 12.1. The summed E-state index contributed by atoms with van der Waals surface area (Å²) in [5, 5.41) is 0.661. The lowest BCUT2D eigenvalue weighted by Crippen LogP contribution is -2.11. The largest absolute Gasteiger partial charge is 0.451 e. The van der Waals surface area contributed by atoms with Gasteiger partial charge in [-0.05, 0) is 23.9 Å². The highest BCUT2D eigenvalue weighted by Crippen LogP contribution is 2.31. The molecule has 2 aromatic heterocycles. The summed E-state index contributed by atoms with van der Waals surface area (Å²) < 4.78 is 37.5. The Morgan fingerprint density at radius 2 is 1.79 bits per heavy atom. The summed E-state index contributed by atoms with van der Waals surface area (Å²) in [4.78, 5) is 10.5. The maximum atomic E-state index is 12.5. The predicted octanol–water partition coefficient (Wildman–Crippen LogP) is 4.35. The molecule has 0 aromatic carbocycles. The monoisotopic (exact) mass is 325 g/mol. The Kier molecular flexibility index (Phi) is 4.17. The van der Waals surface area contributed by atoms with Gasteiger partial charge in [-0.15, -0.1) is 0 Å². The molecule has 2 heterocycles. The first-order chi connectivity index (χ1) is 8.84. The molecule has 100 valence electrons. The molecule has 0 aliphatic heterocycles. The van der Waals surface area contributed by atoms with Crippen LogP contribution in [-0.2, 0) is 6.18 Å². The molecule has 19 heavy (non-hydrogen) atoms. The minimum absolute atomic E-state index is 0.0575. The smallest absolute Gasteiger partial charge is 0.248 e. The van der Waals surface area contributed by atoms with Crippen molar-refractivity contribution in [2.45, 2.75) is 16.2 Å². The van der Waals surface area contributed by atoms with Crippen LogP contribution in [0.5, 0.6) is 0 Å². The summed E-state index contributed by atoms with van der Waals surface area (Å²) in [5.41, 5.74) is 0. The Balaban J connectivity index is 2.30. The topological polar surface area (TPSA) is 38.7 Å². The van der Waals surface area contributed by atoms with Gasteiger partial charge < -0.3 is 0 Å². The number of hydrogen-bond donors (Lipinski definition) is 0. The SMILES string of the molecule is FC(F)(F)c1nc(Cl)cc(Sc2ccc(Cl)cn2)n1. The second-order valence-electron chi connectivity index (χ2n) is 3.27. The van der Waals surface area contributed by atoms with E-state index in [1.807, 2.05) is 0 Å². The summed E-state index contributed by atoms with van der Waals surface area (Å²) in [6.45, 7) is 0. The highest BCUT2D eigenvalue weighted by molar-refractivity contribution is 7.99. The van der Waals surface area contributed by atoms with Crippen LogP contribution in [0.15, 0.2) is 34.4 Å². The van der Waals surface area contributed by atoms with Crippen LogP contribution in [0, 0.1) is 0 Å². The quantitative estimate of drug-likeness (QED) is 0.769. The third kappa shape index (κ3) is 3.95. The lowest BCUT2D eigenvalue weighted by Gasteiger charge is -2.07. The van der Waals surface area contributed by atoms with Gasteiger partial charge in [0, 0.05) is 12.3 Å². The van der Waals surface area contributed by atoms with E-state index in [2.05, 4.69) is 15.0 Å². The van der Waals surface area contributed by atoms with E-state index in [0.29, 0.717) is 10.0 Å². The number of rotatable bonds is 2. The molecule has 0 N–H and O–H groups in total. The zero-order valence-electron chi connectivity index (χ0n) is 8.95. The molecule has 0 atom stereocenters. The van der Waals surface area contributed by atoms with Crippen LogP contribution in [0.2, 0.25) is 10.2 Å². The van der Waals surface area contributed by atoms with Gasteiger partial charge in [-0.2, -0.15) is 13.2 Å². The number of halogens is 5. The Bertz CT molecular complexity index is 590. The first kappa shape index (κ1) is 14.4. The van der Waals surface area contributed by atoms with E-state index in [9.17, 15) is 13.2 Å².